The number of likely N-dealkylation sites (tertiary alicyclic amines) is 1. The maximum absolute atomic E-state index is 15.7. The first-order chi connectivity index (χ1) is 25.9. The van der Waals surface area contributed by atoms with Crippen LogP contribution in [-0.2, 0) is 17.1 Å². The van der Waals surface area contributed by atoms with Crippen molar-refractivity contribution in [1.29, 1.82) is 5.26 Å². The lowest BCUT2D eigenvalue weighted by Gasteiger charge is -2.32. The average Bonchev–Trinajstić information content (AvgIpc) is 3.86. The van der Waals surface area contributed by atoms with Gasteiger partial charge in [0.2, 0.25) is 0 Å². The molecule has 1 amide bonds. The molecule has 10 nitrogen and oxygen atoms in total. The van der Waals surface area contributed by atoms with E-state index < -0.39 is 103 Å². The third-order valence-electron chi connectivity index (χ3n) is 11.0. The third-order valence-corrected chi connectivity index (χ3v) is 12.0. The molecule has 2 aromatic carbocycles. The van der Waals surface area contributed by atoms with Crippen LogP contribution in [0.1, 0.15) is 56.2 Å². The van der Waals surface area contributed by atoms with Gasteiger partial charge in [0.25, 0.3) is 0 Å². The van der Waals surface area contributed by atoms with E-state index >= 15 is 30.7 Å². The standard InChI is InChI=1S/C36H35F8N7O3S/c1-4-50(19-10-17(2)51(15-19)33(52)53-3)31-21-11-23(35(39,40)41)26(20-6-7-24(38)29-25(20)22(13-45)30(46)55-29)27(36(42,43)44)28(21)47-32(48-31)54-16-34-8-5-9-49(34)14-18(37)12-34/h6-7,11,17-19H,4-5,8-10,12,14-16,46H2,1-3H3/t17-,18-,19-,34+/m1/s1. The zero-order chi connectivity index (χ0) is 39.8. The van der Waals surface area contributed by atoms with E-state index in [1.54, 1.807) is 19.9 Å². The summed E-state index contributed by atoms with van der Waals surface area (Å²) < 4.78 is 133. The van der Waals surface area contributed by atoms with E-state index in [0.717, 1.165) is 18.6 Å². The van der Waals surface area contributed by atoms with E-state index in [0.29, 0.717) is 30.4 Å². The van der Waals surface area contributed by atoms with Gasteiger partial charge < -0.3 is 25.0 Å². The van der Waals surface area contributed by atoms with E-state index in [9.17, 15) is 14.4 Å². The molecule has 0 spiro atoms. The maximum atomic E-state index is 15.7. The first kappa shape index (κ1) is 38.6. The monoisotopic (exact) mass is 797 g/mol. The first-order valence-corrected chi connectivity index (χ1v) is 18.3. The summed E-state index contributed by atoms with van der Waals surface area (Å²) >= 11 is 0.522. The minimum Gasteiger partial charge on any atom is -0.461 e. The van der Waals surface area contributed by atoms with Crippen molar-refractivity contribution in [3.63, 3.8) is 0 Å². The second-order valence-corrected chi connectivity index (χ2v) is 15.2. The second kappa shape index (κ2) is 13.8. The average molecular weight is 798 g/mol. The molecule has 4 aromatic rings. The van der Waals surface area contributed by atoms with Crippen LogP contribution in [-0.4, -0.2) is 89.6 Å². The molecule has 2 aromatic heterocycles. The third kappa shape index (κ3) is 6.50. The molecule has 0 unspecified atom stereocenters. The molecular formula is C36H35F8N7O3S. The molecule has 3 saturated heterocycles. The number of amides is 1. The highest BCUT2D eigenvalue weighted by Crippen LogP contribution is 2.52. The quantitative estimate of drug-likeness (QED) is 0.185. The number of benzene rings is 2. The number of nitrogens with two attached hydrogens (primary N) is 1. The van der Waals surface area contributed by atoms with Crippen molar-refractivity contribution in [3.05, 3.63) is 40.7 Å². The van der Waals surface area contributed by atoms with E-state index in [1.807, 2.05) is 4.90 Å². The van der Waals surface area contributed by atoms with Crippen molar-refractivity contribution in [2.45, 2.75) is 75.7 Å². The molecule has 3 aliphatic rings. The molecule has 2 N–H and O–H groups in total. The zero-order valence-corrected chi connectivity index (χ0v) is 30.6. The summed E-state index contributed by atoms with van der Waals surface area (Å²) in [5.74, 6) is -1.31. The Morgan fingerprint density at radius 1 is 1.18 bits per heavy atom. The molecule has 4 atom stereocenters. The predicted molar refractivity (Wildman–Crippen MR) is 188 cm³/mol. The Hall–Kier alpha value is -4.70. The molecule has 3 fully saturated rings. The molecule has 55 heavy (non-hydrogen) atoms. The lowest BCUT2D eigenvalue weighted by atomic mass is 9.88. The molecule has 7 rings (SSSR count). The summed E-state index contributed by atoms with van der Waals surface area (Å²) in [7, 11) is 1.19. The Kier molecular flexibility index (Phi) is 9.68. The number of carbonyl (C=O) groups is 1. The number of anilines is 2. The van der Waals surface area contributed by atoms with Crippen LogP contribution in [0.4, 0.5) is 50.7 Å². The van der Waals surface area contributed by atoms with Gasteiger partial charge >= 0.3 is 24.5 Å². The number of halogens is 8. The summed E-state index contributed by atoms with van der Waals surface area (Å²) in [6, 6.07) is 2.08. The lowest BCUT2D eigenvalue weighted by molar-refractivity contribution is -0.141. The van der Waals surface area contributed by atoms with E-state index in [1.165, 1.54) is 16.9 Å². The first-order valence-electron chi connectivity index (χ1n) is 17.5. The molecule has 5 heterocycles. The van der Waals surface area contributed by atoms with E-state index in [2.05, 4.69) is 9.97 Å². The number of alkyl halides is 7. The number of methoxy groups -OCH3 is 1. The maximum Gasteiger partial charge on any atom is 0.419 e. The summed E-state index contributed by atoms with van der Waals surface area (Å²) in [4.78, 5) is 26.0. The number of likely N-dealkylation sites (N-methyl/N-ethyl adjacent to an activating group) is 1. The fraction of sp³-hybridized carbons (Fsp3) is 0.500. The topological polar surface area (TPSA) is 121 Å². The number of hydrogen-bond donors (Lipinski definition) is 1. The Morgan fingerprint density at radius 3 is 2.58 bits per heavy atom. The Bertz CT molecular complexity index is 2220. The van der Waals surface area contributed by atoms with Crippen LogP contribution in [0.2, 0.25) is 0 Å². The van der Waals surface area contributed by atoms with Crippen molar-refractivity contribution in [2.75, 3.05) is 50.5 Å². The molecule has 19 heteroatoms. The second-order valence-electron chi connectivity index (χ2n) is 14.2. The summed E-state index contributed by atoms with van der Waals surface area (Å²) in [5, 5.41) is 8.47. The minimum atomic E-state index is -5.53. The molecule has 0 saturated carbocycles. The molecule has 0 radical (unpaired) electrons. The molecule has 0 aliphatic carbocycles. The highest BCUT2D eigenvalue weighted by molar-refractivity contribution is 7.23. The Morgan fingerprint density at radius 2 is 1.93 bits per heavy atom. The number of nitriles is 1. The molecule has 0 bridgehead atoms. The number of carbonyl (C=O) groups excluding carboxylic acids is 1. The normalized spacial score (nSPS) is 23.1. The van der Waals surface area contributed by atoms with Gasteiger partial charge in [0.1, 0.15) is 35.5 Å². The van der Waals surface area contributed by atoms with Gasteiger partial charge in [0.05, 0.1) is 45.6 Å². The summed E-state index contributed by atoms with van der Waals surface area (Å²) in [6.45, 7) is 3.95. The lowest BCUT2D eigenvalue weighted by Crippen LogP contribution is -2.43. The number of thiophene rings is 1. The Balaban J connectivity index is 1.53. The minimum absolute atomic E-state index is 0.0136. The smallest absolute Gasteiger partial charge is 0.419 e. The van der Waals surface area contributed by atoms with Crippen molar-refractivity contribution in [3.8, 4) is 23.2 Å². The van der Waals surface area contributed by atoms with Gasteiger partial charge in [-0.3, -0.25) is 4.90 Å². The van der Waals surface area contributed by atoms with E-state index in [-0.39, 0.29) is 49.9 Å². The van der Waals surface area contributed by atoms with Crippen LogP contribution >= 0.6 is 11.3 Å². The van der Waals surface area contributed by atoms with Crippen LogP contribution in [0.15, 0.2) is 18.2 Å². The predicted octanol–water partition coefficient (Wildman–Crippen LogP) is 8.15. The highest BCUT2D eigenvalue weighted by atomic mass is 32.1. The fourth-order valence-corrected chi connectivity index (χ4v) is 9.58. The number of aromatic nitrogens is 2. The number of ether oxygens (including phenoxy) is 2. The Labute approximate surface area is 313 Å². The van der Waals surface area contributed by atoms with Gasteiger partial charge in [-0.05, 0) is 57.4 Å². The van der Waals surface area contributed by atoms with Crippen molar-refractivity contribution >= 4 is 49.2 Å². The SMILES string of the molecule is CCN(c1nc(OC[C@@]23CCCN2C[C@H](F)C3)nc2c(C(F)(F)F)c(-c3ccc(F)c4sc(N)c(C#N)c34)c(C(F)(F)F)cc12)[C@@H]1C[C@@H](C)N(C(=O)OC)C1. The number of fused-ring (bicyclic) bond motifs is 3. The van der Waals surface area contributed by atoms with Crippen LogP contribution in [0.3, 0.4) is 0 Å². The van der Waals surface area contributed by atoms with Gasteiger partial charge in [-0.2, -0.15) is 41.6 Å². The van der Waals surface area contributed by atoms with E-state index in [4.69, 9.17) is 15.2 Å². The fourth-order valence-electron chi connectivity index (χ4n) is 8.63. The summed E-state index contributed by atoms with van der Waals surface area (Å²) in [5.41, 5.74) is -1.94. The molecular weight excluding hydrogens is 762 g/mol. The van der Waals surface area contributed by atoms with Crippen molar-refractivity contribution < 1.29 is 49.4 Å². The molecule has 3 aliphatic heterocycles. The van der Waals surface area contributed by atoms with Crippen LogP contribution in [0.25, 0.3) is 32.1 Å². The van der Waals surface area contributed by atoms with Crippen LogP contribution in [0.5, 0.6) is 6.01 Å². The number of nitrogen functional groups attached to an aromatic ring is 1. The van der Waals surface area contributed by atoms with Gasteiger partial charge in [0.15, 0.2) is 0 Å². The zero-order valence-electron chi connectivity index (χ0n) is 29.7. The van der Waals surface area contributed by atoms with Gasteiger partial charge in [-0.25, -0.2) is 13.6 Å². The van der Waals surface area contributed by atoms with Gasteiger partial charge in [-0.15, -0.1) is 11.3 Å². The highest BCUT2D eigenvalue weighted by Gasteiger charge is 2.50. The van der Waals surface area contributed by atoms with Crippen molar-refractivity contribution in [2.24, 2.45) is 0 Å². The van der Waals surface area contributed by atoms with Crippen molar-refractivity contribution in [1.82, 2.24) is 19.8 Å². The number of rotatable bonds is 7. The number of hydrogen-bond acceptors (Lipinski definition) is 10. The summed E-state index contributed by atoms with van der Waals surface area (Å²) in [6.07, 6.45) is -11.1. The van der Waals surface area contributed by atoms with Crippen LogP contribution in [0, 0.1) is 17.1 Å². The number of nitrogens with zero attached hydrogens (tertiary/aromatic N) is 6. The largest absolute Gasteiger partial charge is 0.461 e. The molecule has 294 valence electrons. The van der Waals surface area contributed by atoms with Gasteiger partial charge in [-0.1, -0.05) is 6.07 Å². The van der Waals surface area contributed by atoms with Gasteiger partial charge in [0, 0.05) is 48.4 Å². The van der Waals surface area contributed by atoms with Crippen LogP contribution < -0.4 is 15.4 Å².